The Balaban J connectivity index is 1.11. The Kier molecular flexibility index (Phi) is 10.00. The van der Waals surface area contributed by atoms with Crippen molar-refractivity contribution < 1.29 is 9.59 Å². The Morgan fingerprint density at radius 3 is 2.44 bits per heavy atom. The van der Waals surface area contributed by atoms with Crippen molar-refractivity contribution in [1.29, 1.82) is 0 Å². The molecule has 6 rings (SSSR count). The number of benzene rings is 1. The van der Waals surface area contributed by atoms with E-state index >= 15 is 0 Å². The Morgan fingerprint density at radius 1 is 1.02 bits per heavy atom. The van der Waals surface area contributed by atoms with E-state index in [1.54, 1.807) is 6.33 Å². The molecule has 2 amide bonds. The normalized spacial score (nSPS) is 26.2. The van der Waals surface area contributed by atoms with E-state index < -0.39 is 0 Å². The third kappa shape index (κ3) is 7.60. The van der Waals surface area contributed by atoms with Gasteiger partial charge in [-0.15, -0.1) is 0 Å². The van der Waals surface area contributed by atoms with Gasteiger partial charge in [0, 0.05) is 49.8 Å². The molecular weight excluding hydrogens is 562 g/mol. The lowest BCUT2D eigenvalue weighted by Gasteiger charge is -2.48. The Bertz CT molecular complexity index is 1180. The van der Waals surface area contributed by atoms with Crippen molar-refractivity contribution in [3.63, 3.8) is 0 Å². The maximum absolute atomic E-state index is 14.3. The first-order chi connectivity index (χ1) is 21.0. The Hall–Kier alpha value is -2.49. The summed E-state index contributed by atoms with van der Waals surface area (Å²) in [6.07, 6.45) is 16.9. The molecule has 43 heavy (non-hydrogen) atoms. The van der Waals surface area contributed by atoms with Crippen LogP contribution < -0.4 is 10.6 Å². The largest absolute Gasteiger partial charge is 0.354 e. The standard InChI is InChI=1S/C33H48ClN7O2/c34-27-8-6-25(7-9-27)20-30(38-28-10-12-29(13-11-28)40-19-16-36-31(42)21-40)32(43)39-17-14-33(15-18-39,22-41-24-35-23-37-41)26-4-2-1-3-5-26/h6-9,23-24,26,28-30,38H,1-5,10-22H2,(H,36,42)/t28?,29?,30-/m1/s1. The first kappa shape index (κ1) is 30.5. The van der Waals surface area contributed by atoms with Gasteiger partial charge in [-0.2, -0.15) is 5.10 Å². The number of piperidine rings is 1. The zero-order chi connectivity index (χ0) is 29.6. The lowest BCUT2D eigenvalue weighted by atomic mass is 9.63. The summed E-state index contributed by atoms with van der Waals surface area (Å²) in [5.41, 5.74) is 1.30. The maximum atomic E-state index is 14.3. The summed E-state index contributed by atoms with van der Waals surface area (Å²) < 4.78 is 2.02. The third-order valence-corrected chi connectivity index (χ3v) is 11.1. The predicted octanol–water partition coefficient (Wildman–Crippen LogP) is 4.06. The van der Waals surface area contributed by atoms with E-state index in [4.69, 9.17) is 11.6 Å². The van der Waals surface area contributed by atoms with Crippen molar-refractivity contribution in [1.82, 2.24) is 35.2 Å². The quantitative estimate of drug-likeness (QED) is 0.445. The number of aromatic nitrogens is 3. The van der Waals surface area contributed by atoms with Gasteiger partial charge in [0.15, 0.2) is 0 Å². The Labute approximate surface area is 261 Å². The molecule has 4 aliphatic rings. The SMILES string of the molecule is O=C1CN(C2CCC(N[C@H](Cc3ccc(Cl)cc3)C(=O)N3CCC(Cn4cncn4)(C4CCCCC4)CC3)CC2)CCN1. The van der Waals surface area contributed by atoms with Crippen molar-refractivity contribution in [3.05, 3.63) is 47.5 Å². The van der Waals surface area contributed by atoms with Gasteiger partial charge in [0.2, 0.25) is 11.8 Å². The van der Waals surface area contributed by atoms with E-state index in [0.717, 1.165) is 76.8 Å². The van der Waals surface area contributed by atoms with Crippen LogP contribution in [0, 0.1) is 11.3 Å². The molecule has 4 fully saturated rings. The van der Waals surface area contributed by atoms with Crippen molar-refractivity contribution in [2.45, 2.75) is 102 Å². The molecule has 0 radical (unpaired) electrons. The summed E-state index contributed by atoms with van der Waals surface area (Å²) in [6.45, 7) is 4.67. The zero-order valence-corrected chi connectivity index (χ0v) is 26.2. The summed E-state index contributed by atoms with van der Waals surface area (Å²) in [4.78, 5) is 34.9. The highest BCUT2D eigenvalue weighted by Gasteiger charge is 2.44. The molecule has 2 saturated carbocycles. The second-order valence-corrected chi connectivity index (χ2v) is 13.9. The summed E-state index contributed by atoms with van der Waals surface area (Å²) >= 11 is 6.19. The number of nitrogens with one attached hydrogen (secondary N) is 2. The van der Waals surface area contributed by atoms with Gasteiger partial charge >= 0.3 is 0 Å². The van der Waals surface area contributed by atoms with Crippen LogP contribution in [0.1, 0.15) is 76.2 Å². The van der Waals surface area contributed by atoms with E-state index in [-0.39, 0.29) is 23.3 Å². The molecule has 2 aromatic rings. The number of carbonyl (C=O) groups excluding carboxylic acids is 2. The predicted molar refractivity (Wildman–Crippen MR) is 168 cm³/mol. The van der Waals surface area contributed by atoms with Crippen LogP contribution in [-0.4, -0.2) is 87.2 Å². The smallest absolute Gasteiger partial charge is 0.240 e. The fraction of sp³-hybridized carbons (Fsp3) is 0.697. The van der Waals surface area contributed by atoms with Crippen LogP contribution in [0.15, 0.2) is 36.9 Å². The first-order valence-electron chi connectivity index (χ1n) is 16.6. The van der Waals surface area contributed by atoms with E-state index in [0.29, 0.717) is 36.0 Å². The van der Waals surface area contributed by atoms with E-state index in [2.05, 4.69) is 30.5 Å². The van der Waals surface area contributed by atoms with Crippen LogP contribution >= 0.6 is 11.6 Å². The number of halogens is 1. The minimum atomic E-state index is -0.263. The van der Waals surface area contributed by atoms with Crippen LogP contribution in [0.3, 0.4) is 0 Å². The number of likely N-dealkylation sites (tertiary alicyclic amines) is 1. The number of hydrogen-bond acceptors (Lipinski definition) is 6. The molecule has 1 aromatic carbocycles. The van der Waals surface area contributed by atoms with Crippen molar-refractivity contribution in [2.75, 3.05) is 32.7 Å². The molecule has 2 N–H and O–H groups in total. The van der Waals surface area contributed by atoms with E-state index in [9.17, 15) is 9.59 Å². The number of nitrogens with zero attached hydrogens (tertiary/aromatic N) is 5. The summed E-state index contributed by atoms with van der Waals surface area (Å²) in [6, 6.07) is 8.42. The molecule has 0 bridgehead atoms. The lowest BCUT2D eigenvalue weighted by Crippen LogP contribution is -2.56. The van der Waals surface area contributed by atoms with Crippen molar-refractivity contribution in [2.24, 2.45) is 11.3 Å². The Morgan fingerprint density at radius 2 is 1.77 bits per heavy atom. The highest BCUT2D eigenvalue weighted by molar-refractivity contribution is 6.30. The second kappa shape index (κ2) is 14.1. The molecule has 1 aromatic heterocycles. The molecule has 9 nitrogen and oxygen atoms in total. The molecule has 1 atom stereocenters. The average molecular weight is 610 g/mol. The van der Waals surface area contributed by atoms with E-state index in [1.807, 2.05) is 35.3 Å². The van der Waals surface area contributed by atoms with Crippen molar-refractivity contribution in [3.8, 4) is 0 Å². The van der Waals surface area contributed by atoms with Gasteiger partial charge in [-0.1, -0.05) is 43.0 Å². The monoisotopic (exact) mass is 609 g/mol. The van der Waals surface area contributed by atoms with Gasteiger partial charge in [0.25, 0.3) is 0 Å². The molecule has 0 unspecified atom stereocenters. The number of carbonyl (C=O) groups is 2. The second-order valence-electron chi connectivity index (χ2n) is 13.5. The first-order valence-corrected chi connectivity index (χ1v) is 17.0. The maximum Gasteiger partial charge on any atom is 0.240 e. The van der Waals surface area contributed by atoms with Gasteiger partial charge in [-0.3, -0.25) is 19.2 Å². The fourth-order valence-corrected chi connectivity index (χ4v) is 8.50. The van der Waals surface area contributed by atoms with Gasteiger partial charge in [-0.25, -0.2) is 4.98 Å². The number of hydrogen-bond donors (Lipinski definition) is 2. The molecule has 234 valence electrons. The molecule has 2 aliphatic carbocycles. The van der Waals surface area contributed by atoms with Crippen LogP contribution in [0.4, 0.5) is 0 Å². The summed E-state index contributed by atoms with van der Waals surface area (Å²) in [5.74, 6) is 1.05. The molecule has 3 heterocycles. The van der Waals surface area contributed by atoms with Crippen molar-refractivity contribution >= 4 is 23.4 Å². The molecule has 0 spiro atoms. The topological polar surface area (TPSA) is 95.4 Å². The minimum absolute atomic E-state index is 0.135. The number of rotatable bonds is 9. The molecular formula is C33H48ClN7O2. The number of piperazine rings is 1. The molecule has 10 heteroatoms. The highest BCUT2D eigenvalue weighted by atomic mass is 35.5. The summed E-state index contributed by atoms with van der Waals surface area (Å²) in [7, 11) is 0. The van der Waals surface area contributed by atoms with Gasteiger partial charge in [0.05, 0.1) is 12.6 Å². The van der Waals surface area contributed by atoms with Gasteiger partial charge < -0.3 is 15.5 Å². The lowest BCUT2D eigenvalue weighted by molar-refractivity contribution is -0.137. The van der Waals surface area contributed by atoms with Gasteiger partial charge in [-0.05, 0) is 86.8 Å². The zero-order valence-electron chi connectivity index (χ0n) is 25.4. The summed E-state index contributed by atoms with van der Waals surface area (Å²) in [5, 5.41) is 12.0. The van der Waals surface area contributed by atoms with Crippen LogP contribution in [0.2, 0.25) is 5.02 Å². The van der Waals surface area contributed by atoms with Crippen LogP contribution in [0.25, 0.3) is 0 Å². The highest BCUT2D eigenvalue weighted by Crippen LogP contribution is 2.47. The van der Waals surface area contributed by atoms with Gasteiger partial charge in [0.1, 0.15) is 12.7 Å². The molecule has 2 aliphatic heterocycles. The van der Waals surface area contributed by atoms with E-state index in [1.165, 1.54) is 32.1 Å². The molecule has 2 saturated heterocycles. The fourth-order valence-electron chi connectivity index (χ4n) is 8.38. The third-order valence-electron chi connectivity index (χ3n) is 10.9. The van der Waals surface area contributed by atoms with Crippen LogP contribution in [0.5, 0.6) is 0 Å². The van der Waals surface area contributed by atoms with Crippen LogP contribution in [-0.2, 0) is 22.6 Å². The minimum Gasteiger partial charge on any atom is -0.354 e. The number of amides is 2. The average Bonchev–Trinajstić information content (AvgIpc) is 3.55.